The van der Waals surface area contributed by atoms with Gasteiger partial charge >= 0.3 is 5.97 Å². The smallest absolute Gasteiger partial charge is 0.309 e. The summed E-state index contributed by atoms with van der Waals surface area (Å²) in [6.07, 6.45) is 7.91. The van der Waals surface area contributed by atoms with Crippen LogP contribution in [-0.4, -0.2) is 57.7 Å². The molecule has 5 rings (SSSR count). The first kappa shape index (κ1) is 26.5. The van der Waals surface area contributed by atoms with Crippen LogP contribution in [0.4, 0.5) is 11.8 Å². The van der Waals surface area contributed by atoms with Crippen LogP contribution < -0.4 is 10.2 Å². The van der Waals surface area contributed by atoms with Crippen LogP contribution in [-0.2, 0) is 4.79 Å². The minimum absolute atomic E-state index is 0.0607. The van der Waals surface area contributed by atoms with Crippen molar-refractivity contribution in [2.24, 2.45) is 11.3 Å². The molecule has 3 heterocycles. The normalized spacial score (nSPS) is 29.1. The zero-order valence-electron chi connectivity index (χ0n) is 21.9. The number of rotatable bonds is 7. The molecule has 2 saturated heterocycles. The molecule has 1 aromatic heterocycles. The number of aliphatic carboxylic acids is 1. The van der Waals surface area contributed by atoms with Crippen molar-refractivity contribution in [1.82, 2.24) is 14.9 Å². The molecule has 3 fully saturated rings. The Morgan fingerprint density at radius 3 is 2.70 bits per heavy atom. The third-order valence-corrected chi connectivity index (χ3v) is 9.31. The number of aryl methyl sites for hydroxylation is 1. The van der Waals surface area contributed by atoms with Crippen molar-refractivity contribution in [3.05, 3.63) is 45.6 Å². The van der Waals surface area contributed by atoms with E-state index in [2.05, 4.69) is 26.2 Å². The van der Waals surface area contributed by atoms with Crippen LogP contribution in [0.2, 0.25) is 10.0 Å². The van der Waals surface area contributed by atoms with Gasteiger partial charge in [-0.2, -0.15) is 4.98 Å². The quantitative estimate of drug-likeness (QED) is 0.428. The zero-order chi connectivity index (χ0) is 26.3. The SMILES string of the molecule is Cc1ccc([C@@H](C)Nc2nc(N3CCC(C4CCCCN4C4CC(C)(C(=O)O)C4)C3)ncc2Cl)c(Cl)c1. The summed E-state index contributed by atoms with van der Waals surface area (Å²) in [5, 5.41) is 14.2. The first-order valence-electron chi connectivity index (χ1n) is 13.4. The minimum atomic E-state index is -0.660. The highest BCUT2D eigenvalue weighted by atomic mass is 35.5. The summed E-state index contributed by atoms with van der Waals surface area (Å²) in [7, 11) is 0. The molecule has 2 aliphatic heterocycles. The second-order valence-electron chi connectivity index (χ2n) is 11.5. The lowest BCUT2D eigenvalue weighted by atomic mass is 9.65. The summed E-state index contributed by atoms with van der Waals surface area (Å²) < 4.78 is 0. The number of anilines is 2. The molecule has 3 aliphatic rings. The average molecular weight is 547 g/mol. The number of hydrogen-bond acceptors (Lipinski definition) is 6. The fourth-order valence-corrected chi connectivity index (χ4v) is 7.03. The Morgan fingerprint density at radius 2 is 1.97 bits per heavy atom. The molecule has 2 unspecified atom stereocenters. The first-order valence-corrected chi connectivity index (χ1v) is 14.2. The number of halogens is 2. The van der Waals surface area contributed by atoms with Gasteiger partial charge in [0.15, 0.2) is 5.82 Å². The topological polar surface area (TPSA) is 81.6 Å². The molecule has 1 saturated carbocycles. The Labute approximate surface area is 229 Å². The summed E-state index contributed by atoms with van der Waals surface area (Å²) in [5.41, 5.74) is 1.56. The lowest BCUT2D eigenvalue weighted by Crippen LogP contribution is -2.58. The highest BCUT2D eigenvalue weighted by Crippen LogP contribution is 2.46. The highest BCUT2D eigenvalue weighted by molar-refractivity contribution is 6.33. The van der Waals surface area contributed by atoms with E-state index in [9.17, 15) is 9.90 Å². The number of piperidine rings is 1. The van der Waals surface area contributed by atoms with Crippen LogP contribution in [0, 0.1) is 18.3 Å². The van der Waals surface area contributed by atoms with Gasteiger partial charge in [0.25, 0.3) is 0 Å². The van der Waals surface area contributed by atoms with Gasteiger partial charge in [-0.15, -0.1) is 0 Å². The summed E-state index contributed by atoms with van der Waals surface area (Å²) in [6.45, 7) is 8.85. The van der Waals surface area contributed by atoms with Crippen molar-refractivity contribution in [3.8, 4) is 0 Å². The third-order valence-electron chi connectivity index (χ3n) is 8.71. The molecule has 2 aromatic rings. The Morgan fingerprint density at radius 1 is 1.19 bits per heavy atom. The lowest BCUT2D eigenvalue weighted by molar-refractivity contribution is -0.159. The van der Waals surface area contributed by atoms with Gasteiger partial charge < -0.3 is 15.3 Å². The maximum atomic E-state index is 11.6. The predicted molar refractivity (Wildman–Crippen MR) is 149 cm³/mol. The molecule has 0 amide bonds. The largest absolute Gasteiger partial charge is 0.481 e. The highest BCUT2D eigenvalue weighted by Gasteiger charge is 2.51. The van der Waals surface area contributed by atoms with E-state index in [0.29, 0.717) is 34.8 Å². The van der Waals surface area contributed by atoms with Crippen molar-refractivity contribution in [3.63, 3.8) is 0 Å². The van der Waals surface area contributed by atoms with Gasteiger partial charge in [-0.05, 0) is 82.5 Å². The van der Waals surface area contributed by atoms with Crippen LogP contribution >= 0.6 is 23.2 Å². The number of carboxylic acids is 1. The summed E-state index contributed by atoms with van der Waals surface area (Å²) in [4.78, 5) is 25.9. The van der Waals surface area contributed by atoms with Crippen LogP contribution in [0.5, 0.6) is 0 Å². The van der Waals surface area contributed by atoms with E-state index in [1.807, 2.05) is 32.9 Å². The Balaban J connectivity index is 1.26. The van der Waals surface area contributed by atoms with Crippen molar-refractivity contribution < 1.29 is 9.90 Å². The molecule has 37 heavy (non-hydrogen) atoms. The van der Waals surface area contributed by atoms with Crippen LogP contribution in [0.3, 0.4) is 0 Å². The molecule has 1 aromatic carbocycles. The van der Waals surface area contributed by atoms with Crippen LogP contribution in [0.25, 0.3) is 0 Å². The number of nitrogens with one attached hydrogen (secondary N) is 1. The number of hydrogen-bond donors (Lipinski definition) is 2. The van der Waals surface area contributed by atoms with Gasteiger partial charge in [0, 0.05) is 30.2 Å². The summed E-state index contributed by atoms with van der Waals surface area (Å²) in [6, 6.07) is 6.88. The van der Waals surface area contributed by atoms with Crippen molar-refractivity contribution >= 4 is 40.9 Å². The third kappa shape index (κ3) is 5.41. The Hall–Kier alpha value is -2.09. The average Bonchev–Trinajstić information content (AvgIpc) is 3.33. The number of carbonyl (C=O) groups is 1. The van der Waals surface area contributed by atoms with Crippen LogP contribution in [0.15, 0.2) is 24.4 Å². The maximum Gasteiger partial charge on any atom is 0.309 e. The van der Waals surface area contributed by atoms with Crippen LogP contribution in [0.1, 0.15) is 69.5 Å². The Kier molecular flexibility index (Phi) is 7.58. The zero-order valence-corrected chi connectivity index (χ0v) is 23.4. The van der Waals surface area contributed by atoms with E-state index in [4.69, 9.17) is 28.2 Å². The number of aromatic nitrogens is 2. The number of likely N-dealkylation sites (tertiary alicyclic amines) is 1. The molecule has 1 aliphatic carbocycles. The van der Waals surface area contributed by atoms with E-state index >= 15 is 0 Å². The molecular formula is C28H37Cl2N5O2. The minimum Gasteiger partial charge on any atom is -0.481 e. The lowest BCUT2D eigenvalue weighted by Gasteiger charge is -2.52. The number of nitrogens with zero attached hydrogens (tertiary/aromatic N) is 4. The Bertz CT molecular complexity index is 1160. The second-order valence-corrected chi connectivity index (χ2v) is 12.3. The second kappa shape index (κ2) is 10.6. The van der Waals surface area contributed by atoms with E-state index in [-0.39, 0.29) is 6.04 Å². The molecule has 0 radical (unpaired) electrons. The van der Waals surface area contributed by atoms with Gasteiger partial charge in [0.2, 0.25) is 5.95 Å². The monoisotopic (exact) mass is 545 g/mol. The molecule has 3 atom stereocenters. The molecule has 7 nitrogen and oxygen atoms in total. The molecular weight excluding hydrogens is 509 g/mol. The first-order chi connectivity index (χ1) is 17.6. The molecule has 0 spiro atoms. The van der Waals surface area contributed by atoms with Gasteiger partial charge in [0.1, 0.15) is 5.02 Å². The van der Waals surface area contributed by atoms with Crippen molar-refractivity contribution in [2.45, 2.75) is 77.4 Å². The summed E-state index contributed by atoms with van der Waals surface area (Å²) >= 11 is 13.0. The van der Waals surface area contributed by atoms with E-state index in [1.165, 1.54) is 19.3 Å². The van der Waals surface area contributed by atoms with E-state index in [0.717, 1.165) is 55.0 Å². The maximum absolute atomic E-state index is 11.6. The molecule has 2 N–H and O–H groups in total. The van der Waals surface area contributed by atoms with E-state index in [1.54, 1.807) is 6.20 Å². The van der Waals surface area contributed by atoms with Gasteiger partial charge in [-0.3, -0.25) is 9.69 Å². The van der Waals surface area contributed by atoms with Crippen molar-refractivity contribution in [2.75, 3.05) is 29.9 Å². The summed E-state index contributed by atoms with van der Waals surface area (Å²) in [5.74, 6) is 1.17. The van der Waals surface area contributed by atoms with Crippen molar-refractivity contribution in [1.29, 1.82) is 0 Å². The number of benzene rings is 1. The van der Waals surface area contributed by atoms with Gasteiger partial charge in [-0.25, -0.2) is 4.98 Å². The fourth-order valence-electron chi connectivity index (χ4n) is 6.49. The fraction of sp³-hybridized carbons (Fsp3) is 0.607. The molecule has 9 heteroatoms. The standard InChI is InChI=1S/C28H37Cl2N5O2/c1-17-7-8-21(22(29)12-17)18(2)32-25-23(30)15-31-27(33-25)34-11-9-19(16-34)24-6-4-5-10-35(24)20-13-28(3,14-20)26(36)37/h7-8,12,15,18-20,24H,4-6,9-11,13-14,16H2,1-3H3,(H,36,37)(H,31,32,33)/t18-,19?,20?,24?,28?/m1/s1. The van der Waals surface area contributed by atoms with Gasteiger partial charge in [0.05, 0.1) is 17.7 Å². The van der Waals surface area contributed by atoms with Gasteiger partial charge in [-0.1, -0.05) is 41.8 Å². The predicted octanol–water partition coefficient (Wildman–Crippen LogP) is 6.20. The van der Waals surface area contributed by atoms with E-state index < -0.39 is 11.4 Å². The molecule has 0 bridgehead atoms. The molecule has 200 valence electrons. The number of carboxylic acid groups (broad SMARTS) is 1.